The van der Waals surface area contributed by atoms with Gasteiger partial charge in [-0.25, -0.2) is 58.3 Å². The molecule has 12 heterocycles. The van der Waals surface area contributed by atoms with Gasteiger partial charge < -0.3 is 56.4 Å². The lowest BCUT2D eigenvalue weighted by molar-refractivity contribution is -0.121. The van der Waals surface area contributed by atoms with Gasteiger partial charge in [0.25, 0.3) is 23.6 Å². The van der Waals surface area contributed by atoms with Gasteiger partial charge in [-0.2, -0.15) is 34.4 Å². The summed E-state index contributed by atoms with van der Waals surface area (Å²) < 4.78 is 50.5. The topological polar surface area (TPSA) is 514 Å². The monoisotopic (exact) mass is 1740 g/mol. The first-order valence-electron chi connectivity index (χ1n) is 41.9. The van der Waals surface area contributed by atoms with Crippen LogP contribution in [0.2, 0.25) is 0 Å². The maximum Gasteiger partial charge on any atom is 0.278 e. The lowest BCUT2D eigenvalue weighted by Gasteiger charge is -2.39. The van der Waals surface area contributed by atoms with E-state index in [9.17, 15) is 18.3 Å². The highest BCUT2D eigenvalue weighted by atomic mass is 32.2. The summed E-state index contributed by atoms with van der Waals surface area (Å²) in [5.41, 5.74) is 36.5. The van der Waals surface area contributed by atoms with Crippen LogP contribution in [0.4, 0.5) is 29.6 Å². The van der Waals surface area contributed by atoms with Crippen molar-refractivity contribution >= 4 is 45.5 Å². The zero-order chi connectivity index (χ0) is 88.2. The zero-order valence-electron chi connectivity index (χ0n) is 70.1. The number of aryl methyl sites for hydroxylation is 1. The molecule has 5 aromatic carbocycles. The van der Waals surface area contributed by atoms with Gasteiger partial charge in [-0.1, -0.05) is 143 Å². The van der Waals surface area contributed by atoms with Crippen LogP contribution in [0.15, 0.2) is 226 Å². The number of likely N-dealkylation sites (N-methyl/N-ethyl adjacent to an activating group) is 1. The summed E-state index contributed by atoms with van der Waals surface area (Å²) in [7, 11) is -1.33. The number of carbonyl (C=O) groups excluding carboxylic acids is 1. The molecular weight excluding hydrogens is 1650 g/mol. The summed E-state index contributed by atoms with van der Waals surface area (Å²) in [6.07, 6.45) is 35.5. The summed E-state index contributed by atoms with van der Waals surface area (Å²) in [4.78, 5) is 74.2. The number of aromatic hydroxyl groups is 1. The van der Waals surface area contributed by atoms with Gasteiger partial charge in [0, 0.05) is 130 Å². The number of hydrogen-bond donors (Lipinski definition) is 6. The van der Waals surface area contributed by atoms with Gasteiger partial charge >= 0.3 is 0 Å². The fraction of sp³-hybridized carbons (Fsp3) is 0.278. The van der Waals surface area contributed by atoms with Crippen molar-refractivity contribution in [2.75, 3.05) is 66.8 Å². The van der Waals surface area contributed by atoms with Crippen molar-refractivity contribution in [3.05, 3.63) is 254 Å². The van der Waals surface area contributed by atoms with E-state index in [1.807, 2.05) is 37.1 Å². The van der Waals surface area contributed by atoms with E-state index in [0.29, 0.717) is 90.8 Å². The summed E-state index contributed by atoms with van der Waals surface area (Å²) in [6, 6.07) is 42.0. The largest absolute Gasteiger partial charge is 0.508 e. The van der Waals surface area contributed by atoms with E-state index in [1.165, 1.54) is 21.7 Å². The van der Waals surface area contributed by atoms with Gasteiger partial charge in [0.2, 0.25) is 39.7 Å². The average Bonchev–Trinajstić information content (AvgIpc) is 1.55. The van der Waals surface area contributed by atoms with Gasteiger partial charge in [-0.15, -0.1) is 0 Å². The van der Waals surface area contributed by atoms with Crippen molar-refractivity contribution in [1.82, 2.24) is 120 Å². The summed E-state index contributed by atoms with van der Waals surface area (Å²) in [5.74, 6) is 6.26. The van der Waals surface area contributed by atoms with Crippen molar-refractivity contribution < 1.29 is 36.4 Å². The van der Waals surface area contributed by atoms with Gasteiger partial charge in [-0.05, 0) is 133 Å². The number of nitrogens with zero attached hydrogens (tertiary/aromatic N) is 24. The predicted octanol–water partition coefficient (Wildman–Crippen LogP) is 11.6. The second kappa shape index (κ2) is 35.4. The molecule has 0 atom stereocenters. The van der Waals surface area contributed by atoms with Crippen molar-refractivity contribution in [2.24, 2.45) is 7.05 Å². The number of rotatable bonds is 21. The number of nitrogens with one attached hydrogen (secondary N) is 1. The molecule has 37 nitrogen and oxygen atoms in total. The molecule has 10 N–H and O–H groups in total. The molecule has 648 valence electrons. The van der Waals surface area contributed by atoms with Crippen molar-refractivity contribution in [2.45, 2.75) is 112 Å². The molecule has 0 bridgehead atoms. The van der Waals surface area contributed by atoms with Crippen molar-refractivity contribution in [1.29, 1.82) is 0 Å². The number of hydrogen-bond acceptors (Lipinski definition) is 33. The van der Waals surface area contributed by atoms with Crippen LogP contribution in [-0.4, -0.2) is 173 Å². The van der Waals surface area contributed by atoms with Crippen LogP contribution in [0.5, 0.6) is 5.75 Å². The normalized spacial score (nSPS) is 15.8. The number of piperazine rings is 1. The quantitative estimate of drug-likeness (QED) is 0.0389. The number of benzene rings is 5. The van der Waals surface area contributed by atoms with Gasteiger partial charge in [0.1, 0.15) is 29.5 Å². The second-order valence-electron chi connectivity index (χ2n) is 32.2. The van der Waals surface area contributed by atoms with Crippen LogP contribution in [0, 0.1) is 0 Å². The molecule has 0 spiro atoms. The van der Waals surface area contributed by atoms with Gasteiger partial charge in [-0.3, -0.25) is 14.2 Å². The molecule has 1 aliphatic heterocycles. The minimum atomic E-state index is -3.18. The minimum absolute atomic E-state index is 0.0965. The smallest absolute Gasteiger partial charge is 0.278 e. The Bertz CT molecular complexity index is 6630. The highest BCUT2D eigenvalue weighted by Gasteiger charge is 2.48. The summed E-state index contributed by atoms with van der Waals surface area (Å²) >= 11 is 0. The molecule has 0 radical (unpaired) electrons. The zero-order valence-corrected chi connectivity index (χ0v) is 70.9. The third-order valence-electron chi connectivity index (χ3n) is 24.6. The van der Waals surface area contributed by atoms with E-state index >= 15 is 0 Å². The van der Waals surface area contributed by atoms with E-state index in [4.69, 9.17) is 56.0 Å². The number of phenols is 1. The van der Waals surface area contributed by atoms with Crippen molar-refractivity contribution in [3.63, 3.8) is 0 Å². The third kappa shape index (κ3) is 17.1. The fourth-order valence-electron chi connectivity index (χ4n) is 16.7. The first-order valence-corrected chi connectivity index (χ1v) is 43.7. The van der Waals surface area contributed by atoms with E-state index < -0.39 is 10.0 Å². The molecule has 4 saturated carbocycles. The van der Waals surface area contributed by atoms with Crippen LogP contribution in [-0.2, 0) is 50.1 Å². The maximum atomic E-state index is 11.8. The molecule has 11 aromatic heterocycles. The van der Waals surface area contributed by atoms with Crippen LogP contribution in [0.25, 0.3) is 90.6 Å². The number of phenolic OH excluding ortho intramolecular Hbond substituents is 1. The fourth-order valence-corrected chi connectivity index (χ4v) is 17.5. The Balaban J connectivity index is 0.000000116. The second-order valence-corrected chi connectivity index (χ2v) is 34.2. The molecule has 1 saturated heterocycles. The van der Waals surface area contributed by atoms with E-state index in [1.54, 1.807) is 114 Å². The Morgan fingerprint density at radius 3 is 1.12 bits per heavy atom. The Kier molecular flexibility index (Phi) is 23.1. The number of amides is 1. The highest BCUT2D eigenvalue weighted by molar-refractivity contribution is 7.88. The number of nitrogen functional groups attached to an aromatic ring is 4. The Morgan fingerprint density at radius 1 is 0.414 bits per heavy atom. The Labute approximate surface area is 733 Å². The number of sulfonamides is 1. The van der Waals surface area contributed by atoms with Crippen LogP contribution in [0.3, 0.4) is 0 Å². The maximum absolute atomic E-state index is 11.8. The molecule has 21 rings (SSSR count). The van der Waals surface area contributed by atoms with E-state index in [2.05, 4.69) is 176 Å². The minimum Gasteiger partial charge on any atom is -0.508 e. The lowest BCUT2D eigenvalue weighted by Crippen LogP contribution is -2.48. The van der Waals surface area contributed by atoms with E-state index in [0.717, 1.165) is 150 Å². The summed E-state index contributed by atoms with van der Waals surface area (Å²) in [6.45, 7) is 4.55. The standard InChI is InChI=1S/C25H27N9O3S.C23H24N8O2.C22H19N5O2.C20H19N7O/c1-38(35,36)34-11-9-33(10-12-34)21-16-27-20(15-28-21)22-31-23(32-37-22)25(7-2-8-25)19-5-3-17(4-6-19)18-13-29-24(26)30-14-18;1-2-25-19(32)14-31-13-17(12-28-31)20-29-21(30-33-20)23(8-3-9-23)18-6-4-15(5-7-18)16-10-26-22(24)27-11-16;23-21-24-12-16(13-25-21)14-2-6-17(7-3-14)22(10-1-11-22)20-26-19(29-27-20)15-4-8-18(28)9-5-15;1-27-16(7-10-24-27)17-25-18(26-28-17)20(8-2-9-20)15-5-3-13(4-6-15)14-11-22-19(21)23-12-14/h3-6,13-16H,2,7-12H2,1H3,(H2,26,29,30);4-7,10-13H,2-3,8-9,14H2,1H3,(H,25,32)(H2,24,26,27);2-9,12-13,28H,1,10-11H2,(H2,23,24,25);3-7,10-12H,2,8-9H2,1H3,(H2,21,22,23). The Hall–Kier alpha value is -15.3. The number of anilines is 5. The molecular formula is C90H89N29O8S. The number of aromatic nitrogens is 22. The molecule has 128 heavy (non-hydrogen) atoms. The van der Waals surface area contributed by atoms with Crippen LogP contribution < -0.4 is 33.2 Å². The Morgan fingerprint density at radius 2 is 0.773 bits per heavy atom. The molecule has 1 amide bonds. The first kappa shape index (κ1) is 83.6. The average molecular weight is 1740 g/mol. The summed E-state index contributed by atoms with van der Waals surface area (Å²) in [5, 5.41) is 37.9. The van der Waals surface area contributed by atoms with E-state index in [-0.39, 0.29) is 63.7 Å². The van der Waals surface area contributed by atoms with Crippen LogP contribution in [0.1, 0.15) is 130 Å². The molecule has 0 unspecified atom stereocenters. The number of nitrogens with two attached hydrogens (primary N) is 4. The SMILES string of the molecule is CCNC(=O)Cn1cc(-c2nc(C3(c4ccc(-c5cnc(N)nc5)cc4)CCC3)no2)cn1.CS(=O)(=O)N1CCN(c2cnc(-c3nc(C4(c5ccc(-c6cnc(N)nc6)cc5)CCC4)no3)cn2)CC1.Cn1nccc1-c1nc(C2(c3ccc(-c4cnc(N)nc4)cc3)CCC2)no1.Nc1ncc(-c2ccc(C3(c4noc(-c5ccc(O)cc5)n4)CCC3)cc2)cn1. The first-order chi connectivity index (χ1) is 62.2. The predicted molar refractivity (Wildman–Crippen MR) is 472 cm³/mol. The molecule has 16 aromatic rings. The molecule has 4 aliphatic carbocycles. The van der Waals surface area contributed by atoms with Gasteiger partial charge in [0.05, 0.1) is 52.1 Å². The van der Waals surface area contributed by atoms with Crippen molar-refractivity contribution in [3.8, 4) is 96.3 Å². The number of carbonyl (C=O) groups is 1. The van der Waals surface area contributed by atoms with Crippen LogP contribution >= 0.6 is 0 Å². The third-order valence-corrected chi connectivity index (χ3v) is 25.9. The highest BCUT2D eigenvalue weighted by Crippen LogP contribution is 2.53. The lowest BCUT2D eigenvalue weighted by atomic mass is 9.64. The van der Waals surface area contributed by atoms with Gasteiger partial charge in [0.15, 0.2) is 23.3 Å². The molecule has 5 fully saturated rings. The molecule has 38 heteroatoms. The molecule has 5 aliphatic rings.